The Balaban J connectivity index is 1.85. The van der Waals surface area contributed by atoms with Crippen LogP contribution in [0.2, 0.25) is 0 Å². The number of rotatable bonds is 1. The number of carbonyl (C=O) groups excluding carboxylic acids is 2. The van der Waals surface area contributed by atoms with Gasteiger partial charge in [0.15, 0.2) is 11.5 Å². The molecular formula is C22H28O4. The molecule has 140 valence electrons. The first-order valence-corrected chi connectivity index (χ1v) is 9.63. The molecule has 0 radical (unpaired) electrons. The highest BCUT2D eigenvalue weighted by Gasteiger charge is 2.58. The molecule has 0 aromatic heterocycles. The molecule has 26 heavy (non-hydrogen) atoms. The second-order valence-corrected chi connectivity index (χ2v) is 9.39. The highest BCUT2D eigenvalue weighted by atomic mass is 16.5. The number of hydrogen-bond acceptors (Lipinski definition) is 4. The van der Waals surface area contributed by atoms with Gasteiger partial charge in [0.25, 0.3) is 0 Å². The van der Waals surface area contributed by atoms with Gasteiger partial charge in [0, 0.05) is 6.08 Å². The zero-order chi connectivity index (χ0) is 18.9. The minimum atomic E-state index is -0.508. The summed E-state index contributed by atoms with van der Waals surface area (Å²) in [6.07, 6.45) is 8.70. The summed E-state index contributed by atoms with van der Waals surface area (Å²) in [6, 6.07) is 0. The summed E-state index contributed by atoms with van der Waals surface area (Å²) in [6.45, 7) is 9.15. The third-order valence-corrected chi connectivity index (χ3v) is 7.36. The summed E-state index contributed by atoms with van der Waals surface area (Å²) in [5, 5.41) is 0. The lowest BCUT2D eigenvalue weighted by Crippen LogP contribution is -2.55. The normalized spacial score (nSPS) is 38.4. The highest BCUT2D eigenvalue weighted by Crippen LogP contribution is 2.63. The predicted octanol–water partition coefficient (Wildman–Crippen LogP) is 4.26. The first-order chi connectivity index (χ1) is 12.1. The monoisotopic (exact) mass is 356 g/mol. The van der Waals surface area contributed by atoms with E-state index in [-0.39, 0.29) is 33.9 Å². The number of methoxy groups -OCH3 is 1. The van der Waals surface area contributed by atoms with Crippen LogP contribution >= 0.6 is 0 Å². The lowest BCUT2D eigenvalue weighted by Gasteiger charge is -2.60. The average Bonchev–Trinajstić information content (AvgIpc) is 2.56. The molecular weight excluding hydrogens is 328 g/mol. The molecule has 4 heteroatoms. The standard InChI is InChI=1S/C22H28O4/c1-20(2)8-6-9-21(3)16(20)7-10-22(4)17(21)11-13-18(24)15(25-5)12-14(23)19(13)26-22/h11-12,16H,6-10H2,1-5H3/t16-,21?,22?/m0/s1. The molecule has 0 aromatic rings. The van der Waals surface area contributed by atoms with E-state index in [1.807, 2.05) is 6.08 Å². The zero-order valence-corrected chi connectivity index (χ0v) is 16.4. The Morgan fingerprint density at radius 2 is 1.81 bits per heavy atom. The number of ketones is 2. The Labute approximate surface area is 155 Å². The Hall–Kier alpha value is -1.84. The van der Waals surface area contributed by atoms with Crippen LogP contribution in [0.25, 0.3) is 0 Å². The summed E-state index contributed by atoms with van der Waals surface area (Å²) in [4.78, 5) is 25.3. The van der Waals surface area contributed by atoms with Crippen molar-refractivity contribution in [3.05, 3.63) is 34.8 Å². The van der Waals surface area contributed by atoms with Crippen molar-refractivity contribution in [2.24, 2.45) is 16.7 Å². The van der Waals surface area contributed by atoms with Gasteiger partial charge in [-0.2, -0.15) is 0 Å². The van der Waals surface area contributed by atoms with Crippen molar-refractivity contribution < 1.29 is 19.1 Å². The lowest BCUT2D eigenvalue weighted by molar-refractivity contribution is -0.125. The van der Waals surface area contributed by atoms with E-state index in [9.17, 15) is 9.59 Å². The maximum absolute atomic E-state index is 12.8. The lowest BCUT2D eigenvalue weighted by atomic mass is 9.47. The molecule has 0 aromatic carbocycles. The molecule has 0 amide bonds. The number of fused-ring (bicyclic) bond motifs is 3. The van der Waals surface area contributed by atoms with Crippen LogP contribution in [-0.4, -0.2) is 24.3 Å². The number of hydrogen-bond donors (Lipinski definition) is 0. The fraction of sp³-hybridized carbons (Fsp3) is 0.636. The van der Waals surface area contributed by atoms with E-state index in [1.54, 1.807) is 0 Å². The van der Waals surface area contributed by atoms with Crippen LogP contribution in [0, 0.1) is 16.7 Å². The number of ether oxygens (including phenoxy) is 2. The molecule has 0 spiro atoms. The van der Waals surface area contributed by atoms with E-state index in [0.29, 0.717) is 11.5 Å². The van der Waals surface area contributed by atoms with E-state index in [1.165, 1.54) is 31.6 Å². The molecule has 0 saturated heterocycles. The van der Waals surface area contributed by atoms with Crippen molar-refractivity contribution in [2.45, 2.75) is 65.4 Å². The van der Waals surface area contributed by atoms with E-state index in [4.69, 9.17) is 9.47 Å². The van der Waals surface area contributed by atoms with Crippen molar-refractivity contribution in [1.29, 1.82) is 0 Å². The molecule has 1 heterocycles. The van der Waals surface area contributed by atoms with Gasteiger partial charge < -0.3 is 9.47 Å². The number of carbonyl (C=O) groups is 2. The van der Waals surface area contributed by atoms with E-state index in [0.717, 1.165) is 19.3 Å². The van der Waals surface area contributed by atoms with Crippen LogP contribution in [0.3, 0.4) is 0 Å². The smallest absolute Gasteiger partial charge is 0.231 e. The number of allylic oxidation sites excluding steroid dienone is 3. The first-order valence-electron chi connectivity index (χ1n) is 9.63. The maximum atomic E-state index is 12.8. The van der Waals surface area contributed by atoms with Gasteiger partial charge in [-0.25, -0.2) is 0 Å². The number of Topliss-reactive ketones (excluding diaryl/α,β-unsaturated/α-hetero) is 1. The summed E-state index contributed by atoms with van der Waals surface area (Å²) in [5.74, 6) is 0.320. The van der Waals surface area contributed by atoms with Crippen LogP contribution < -0.4 is 0 Å². The molecule has 0 bridgehead atoms. The molecule has 1 aliphatic heterocycles. The quantitative estimate of drug-likeness (QED) is 0.659. The van der Waals surface area contributed by atoms with Crippen LogP contribution in [0.5, 0.6) is 0 Å². The first kappa shape index (κ1) is 17.6. The molecule has 4 aliphatic rings. The fourth-order valence-electron chi connectivity index (χ4n) is 6.11. The Bertz CT molecular complexity index is 797. The Morgan fingerprint density at radius 1 is 1.08 bits per heavy atom. The summed E-state index contributed by atoms with van der Waals surface area (Å²) in [7, 11) is 1.42. The van der Waals surface area contributed by atoms with Crippen LogP contribution in [0.4, 0.5) is 0 Å². The molecule has 4 rings (SSSR count). The second kappa shape index (κ2) is 5.34. The minimum Gasteiger partial charge on any atom is -0.492 e. The van der Waals surface area contributed by atoms with Crippen LogP contribution in [-0.2, 0) is 19.1 Å². The minimum absolute atomic E-state index is 0.00892. The van der Waals surface area contributed by atoms with Crippen molar-refractivity contribution >= 4 is 11.6 Å². The largest absolute Gasteiger partial charge is 0.492 e. The van der Waals surface area contributed by atoms with Crippen LogP contribution in [0.15, 0.2) is 34.8 Å². The van der Waals surface area contributed by atoms with Crippen LogP contribution in [0.1, 0.15) is 59.8 Å². The van der Waals surface area contributed by atoms with Gasteiger partial charge in [0.05, 0.1) is 12.7 Å². The van der Waals surface area contributed by atoms with E-state index < -0.39 is 5.60 Å². The Morgan fingerprint density at radius 3 is 2.50 bits per heavy atom. The van der Waals surface area contributed by atoms with E-state index >= 15 is 0 Å². The summed E-state index contributed by atoms with van der Waals surface area (Å²) >= 11 is 0. The molecule has 0 N–H and O–H groups in total. The van der Waals surface area contributed by atoms with Gasteiger partial charge in [-0.05, 0) is 61.0 Å². The maximum Gasteiger partial charge on any atom is 0.231 e. The summed E-state index contributed by atoms with van der Waals surface area (Å²) < 4.78 is 11.4. The molecule has 2 saturated carbocycles. The fourth-order valence-corrected chi connectivity index (χ4v) is 6.11. The van der Waals surface area contributed by atoms with Crippen molar-refractivity contribution in [2.75, 3.05) is 7.11 Å². The van der Waals surface area contributed by atoms with Gasteiger partial charge in [-0.3, -0.25) is 9.59 Å². The van der Waals surface area contributed by atoms with Gasteiger partial charge in [-0.15, -0.1) is 0 Å². The summed E-state index contributed by atoms with van der Waals surface area (Å²) in [5.41, 5.74) is 1.31. The zero-order valence-electron chi connectivity index (χ0n) is 16.4. The third kappa shape index (κ3) is 2.20. The van der Waals surface area contributed by atoms with Crippen molar-refractivity contribution in [1.82, 2.24) is 0 Å². The SMILES string of the molecule is COC1=CC(=O)C2=C(C=C3C(C)(CC[C@H]4C(C)(C)CCCC34C)O2)C1=O. The van der Waals surface area contributed by atoms with Gasteiger partial charge in [-0.1, -0.05) is 27.2 Å². The predicted molar refractivity (Wildman–Crippen MR) is 98.2 cm³/mol. The molecule has 2 unspecified atom stereocenters. The van der Waals surface area contributed by atoms with E-state index in [2.05, 4.69) is 27.7 Å². The van der Waals surface area contributed by atoms with Crippen molar-refractivity contribution in [3.8, 4) is 0 Å². The highest BCUT2D eigenvalue weighted by molar-refractivity contribution is 6.22. The van der Waals surface area contributed by atoms with Gasteiger partial charge in [0.2, 0.25) is 11.6 Å². The molecule has 2 fully saturated rings. The van der Waals surface area contributed by atoms with Gasteiger partial charge in [0.1, 0.15) is 5.60 Å². The molecule has 3 aliphatic carbocycles. The Kier molecular flexibility index (Phi) is 3.61. The second-order valence-electron chi connectivity index (χ2n) is 9.39. The molecule has 4 nitrogen and oxygen atoms in total. The average molecular weight is 356 g/mol. The third-order valence-electron chi connectivity index (χ3n) is 7.36. The topological polar surface area (TPSA) is 52.6 Å². The molecule has 3 atom stereocenters. The van der Waals surface area contributed by atoms with Crippen molar-refractivity contribution in [3.63, 3.8) is 0 Å². The van der Waals surface area contributed by atoms with Gasteiger partial charge >= 0.3 is 0 Å².